The van der Waals surface area contributed by atoms with Crippen molar-refractivity contribution < 1.29 is 9.47 Å². The number of benzene rings is 2. The molecule has 0 saturated heterocycles. The molecule has 0 fully saturated rings. The van der Waals surface area contributed by atoms with Crippen molar-refractivity contribution >= 4 is 5.69 Å². The number of methoxy groups -OCH3 is 2. The number of rotatable bonds is 5. The third-order valence-corrected chi connectivity index (χ3v) is 3.33. The van der Waals surface area contributed by atoms with Gasteiger partial charge in [0.2, 0.25) is 0 Å². The highest BCUT2D eigenvalue weighted by atomic mass is 16.5. The third-order valence-electron chi connectivity index (χ3n) is 3.33. The van der Waals surface area contributed by atoms with Crippen LogP contribution in [0.2, 0.25) is 0 Å². The van der Waals surface area contributed by atoms with Crippen molar-refractivity contribution in [2.45, 2.75) is 13.0 Å². The summed E-state index contributed by atoms with van der Waals surface area (Å²) in [6.45, 7) is 2.04. The van der Waals surface area contributed by atoms with Crippen LogP contribution in [0.1, 0.15) is 24.1 Å². The summed E-state index contributed by atoms with van der Waals surface area (Å²) in [6.07, 6.45) is 0. The lowest BCUT2D eigenvalue weighted by Gasteiger charge is -2.17. The molecule has 2 rings (SSSR count). The van der Waals surface area contributed by atoms with E-state index in [0.717, 1.165) is 22.7 Å². The monoisotopic (exact) mass is 282 g/mol. The van der Waals surface area contributed by atoms with Gasteiger partial charge in [0.05, 0.1) is 25.5 Å². The maximum atomic E-state index is 9.19. The molecule has 1 N–H and O–H groups in total. The van der Waals surface area contributed by atoms with Gasteiger partial charge in [-0.1, -0.05) is 12.1 Å². The van der Waals surface area contributed by atoms with Crippen LogP contribution in [-0.4, -0.2) is 14.2 Å². The fourth-order valence-electron chi connectivity index (χ4n) is 2.08. The van der Waals surface area contributed by atoms with Crippen molar-refractivity contribution in [3.05, 3.63) is 53.6 Å². The quantitative estimate of drug-likeness (QED) is 0.907. The van der Waals surface area contributed by atoms with Gasteiger partial charge < -0.3 is 14.8 Å². The van der Waals surface area contributed by atoms with E-state index in [1.165, 1.54) is 0 Å². The van der Waals surface area contributed by atoms with Gasteiger partial charge in [0.15, 0.2) is 0 Å². The fraction of sp³-hybridized carbons (Fsp3) is 0.235. The zero-order valence-electron chi connectivity index (χ0n) is 12.4. The summed E-state index contributed by atoms with van der Waals surface area (Å²) in [5.74, 6) is 1.54. The number of hydrogen-bond acceptors (Lipinski definition) is 4. The normalized spacial score (nSPS) is 11.3. The highest BCUT2D eigenvalue weighted by Gasteiger charge is 2.10. The van der Waals surface area contributed by atoms with Crippen LogP contribution in [0.15, 0.2) is 42.5 Å². The lowest BCUT2D eigenvalue weighted by Crippen LogP contribution is -2.08. The van der Waals surface area contributed by atoms with Gasteiger partial charge in [-0.2, -0.15) is 5.26 Å². The number of nitrogens with one attached hydrogen (secondary N) is 1. The Morgan fingerprint density at radius 2 is 1.62 bits per heavy atom. The van der Waals surface area contributed by atoms with Gasteiger partial charge in [-0.25, -0.2) is 0 Å². The molecule has 4 heteroatoms. The molecule has 0 amide bonds. The van der Waals surface area contributed by atoms with E-state index < -0.39 is 0 Å². The molecule has 0 aliphatic rings. The second-order valence-electron chi connectivity index (χ2n) is 4.66. The summed E-state index contributed by atoms with van der Waals surface area (Å²) in [6, 6.07) is 15.5. The molecule has 108 valence electrons. The highest BCUT2D eigenvalue weighted by molar-refractivity contribution is 5.61. The van der Waals surface area contributed by atoms with Crippen LogP contribution < -0.4 is 14.8 Å². The van der Waals surface area contributed by atoms with Crippen molar-refractivity contribution in [3.63, 3.8) is 0 Å². The molecule has 2 aromatic rings. The summed E-state index contributed by atoms with van der Waals surface area (Å²) < 4.78 is 10.4. The molecule has 0 saturated carbocycles. The second kappa shape index (κ2) is 6.67. The maximum absolute atomic E-state index is 9.19. The predicted octanol–water partition coefficient (Wildman–Crippen LogP) is 3.75. The van der Waals surface area contributed by atoms with Gasteiger partial charge >= 0.3 is 0 Å². The van der Waals surface area contributed by atoms with E-state index in [0.29, 0.717) is 5.56 Å². The number of anilines is 1. The van der Waals surface area contributed by atoms with E-state index in [-0.39, 0.29) is 6.04 Å². The first-order valence-electron chi connectivity index (χ1n) is 6.66. The molecular weight excluding hydrogens is 264 g/mol. The number of hydrogen-bond donors (Lipinski definition) is 1. The zero-order chi connectivity index (χ0) is 15.2. The Bertz CT molecular complexity index is 645. The smallest absolute Gasteiger partial charge is 0.121 e. The second-order valence-corrected chi connectivity index (χ2v) is 4.66. The molecule has 0 radical (unpaired) electrons. The van der Waals surface area contributed by atoms with Gasteiger partial charge in [-0.05, 0) is 36.8 Å². The van der Waals surface area contributed by atoms with Crippen LogP contribution in [0.25, 0.3) is 0 Å². The van der Waals surface area contributed by atoms with Gasteiger partial charge in [0, 0.05) is 12.1 Å². The molecule has 1 unspecified atom stereocenters. The largest absolute Gasteiger partial charge is 0.497 e. The SMILES string of the molecule is COc1ccc(C(C)Nc2cc(OC)ccc2C#N)cc1. The van der Waals surface area contributed by atoms with Crippen LogP contribution in [0, 0.1) is 11.3 Å². The van der Waals surface area contributed by atoms with E-state index in [4.69, 9.17) is 9.47 Å². The fourth-order valence-corrected chi connectivity index (χ4v) is 2.08. The summed E-state index contributed by atoms with van der Waals surface area (Å²) in [5.41, 5.74) is 2.47. The van der Waals surface area contributed by atoms with E-state index in [1.807, 2.05) is 37.3 Å². The molecule has 1 atom stereocenters. The molecule has 0 bridgehead atoms. The number of ether oxygens (including phenoxy) is 2. The molecule has 0 spiro atoms. The number of nitriles is 1. The summed E-state index contributed by atoms with van der Waals surface area (Å²) in [4.78, 5) is 0. The van der Waals surface area contributed by atoms with Gasteiger partial charge in [0.25, 0.3) is 0 Å². The van der Waals surface area contributed by atoms with Crippen LogP contribution >= 0.6 is 0 Å². The zero-order valence-corrected chi connectivity index (χ0v) is 12.4. The summed E-state index contributed by atoms with van der Waals surface area (Å²) >= 11 is 0. The Balaban J connectivity index is 2.21. The average molecular weight is 282 g/mol. The Labute approximate surface area is 124 Å². The maximum Gasteiger partial charge on any atom is 0.121 e. The number of nitrogens with zero attached hydrogens (tertiary/aromatic N) is 1. The molecule has 21 heavy (non-hydrogen) atoms. The first kappa shape index (κ1) is 14.7. The van der Waals surface area contributed by atoms with Gasteiger partial charge in [-0.3, -0.25) is 0 Å². The lowest BCUT2D eigenvalue weighted by molar-refractivity contribution is 0.414. The summed E-state index contributed by atoms with van der Waals surface area (Å²) in [5, 5.41) is 12.5. The van der Waals surface area contributed by atoms with Crippen LogP contribution in [0.4, 0.5) is 5.69 Å². The molecule has 4 nitrogen and oxygen atoms in total. The topological polar surface area (TPSA) is 54.3 Å². The Hall–Kier alpha value is -2.67. The third kappa shape index (κ3) is 3.46. The van der Waals surface area contributed by atoms with E-state index in [9.17, 15) is 5.26 Å². The summed E-state index contributed by atoms with van der Waals surface area (Å²) in [7, 11) is 3.25. The first-order chi connectivity index (χ1) is 10.2. The van der Waals surface area contributed by atoms with Crippen LogP contribution in [-0.2, 0) is 0 Å². The Morgan fingerprint density at radius 1 is 1.00 bits per heavy atom. The Kier molecular flexibility index (Phi) is 4.68. The van der Waals surface area contributed by atoms with Crippen LogP contribution in [0.5, 0.6) is 11.5 Å². The standard InChI is InChI=1S/C17H18N2O2/c1-12(13-4-7-15(20-2)8-5-13)19-17-10-16(21-3)9-6-14(17)11-18/h4-10,12,19H,1-3H3. The predicted molar refractivity (Wildman–Crippen MR) is 82.7 cm³/mol. The van der Waals surface area contributed by atoms with Crippen molar-refractivity contribution in [1.82, 2.24) is 0 Å². The van der Waals surface area contributed by atoms with Crippen molar-refractivity contribution in [1.29, 1.82) is 5.26 Å². The molecule has 2 aromatic carbocycles. The van der Waals surface area contributed by atoms with Crippen LogP contribution in [0.3, 0.4) is 0 Å². The van der Waals surface area contributed by atoms with E-state index >= 15 is 0 Å². The molecule has 0 heterocycles. The minimum Gasteiger partial charge on any atom is -0.497 e. The molecular formula is C17H18N2O2. The average Bonchev–Trinajstić information content (AvgIpc) is 2.54. The van der Waals surface area contributed by atoms with E-state index in [1.54, 1.807) is 26.4 Å². The van der Waals surface area contributed by atoms with E-state index in [2.05, 4.69) is 11.4 Å². The first-order valence-corrected chi connectivity index (χ1v) is 6.66. The molecule has 0 aliphatic heterocycles. The molecule has 0 aliphatic carbocycles. The van der Waals surface area contributed by atoms with Gasteiger partial charge in [0.1, 0.15) is 17.6 Å². The highest BCUT2D eigenvalue weighted by Crippen LogP contribution is 2.27. The minimum absolute atomic E-state index is 0.0649. The lowest BCUT2D eigenvalue weighted by atomic mass is 10.1. The Morgan fingerprint density at radius 3 is 2.19 bits per heavy atom. The van der Waals surface area contributed by atoms with Crippen molar-refractivity contribution in [3.8, 4) is 17.6 Å². The minimum atomic E-state index is 0.0649. The van der Waals surface area contributed by atoms with Crippen molar-refractivity contribution in [2.75, 3.05) is 19.5 Å². The van der Waals surface area contributed by atoms with Crippen molar-refractivity contribution in [2.24, 2.45) is 0 Å². The van der Waals surface area contributed by atoms with Gasteiger partial charge in [-0.15, -0.1) is 0 Å². The molecule has 0 aromatic heterocycles.